The van der Waals surface area contributed by atoms with Crippen LogP contribution in [0.5, 0.6) is 0 Å². The van der Waals surface area contributed by atoms with Gasteiger partial charge in [-0.3, -0.25) is 4.79 Å². The van der Waals surface area contributed by atoms with Gasteiger partial charge in [-0.25, -0.2) is 0 Å². The Bertz CT molecular complexity index is 800. The molecule has 0 radical (unpaired) electrons. The number of carbonyl (C=O) groups excluding carboxylic acids is 1. The Kier molecular flexibility index (Phi) is 7.32. The van der Waals surface area contributed by atoms with E-state index < -0.39 is 8.32 Å². The Morgan fingerprint density at radius 1 is 0.933 bits per heavy atom. The summed E-state index contributed by atoms with van der Waals surface area (Å²) < 4.78 is 12.3. The van der Waals surface area contributed by atoms with Crippen LogP contribution in [-0.2, 0) is 14.0 Å². The minimum absolute atomic E-state index is 0.0364. The molecule has 160 valence electrons. The van der Waals surface area contributed by atoms with E-state index in [1.807, 2.05) is 6.92 Å². The van der Waals surface area contributed by atoms with Gasteiger partial charge in [0.25, 0.3) is 8.32 Å². The fourth-order valence-electron chi connectivity index (χ4n) is 4.47. The maximum absolute atomic E-state index is 11.8. The molecule has 0 bridgehead atoms. The predicted octanol–water partition coefficient (Wildman–Crippen LogP) is 4.85. The van der Waals surface area contributed by atoms with Crippen molar-refractivity contribution in [1.82, 2.24) is 0 Å². The zero-order valence-electron chi connectivity index (χ0n) is 18.6. The minimum atomic E-state index is -2.55. The monoisotopic (exact) mass is 422 g/mol. The minimum Gasteiger partial charge on any atom is -0.466 e. The number of ether oxygens (including phenoxy) is 1. The number of allylic oxidation sites excluding steroid dienone is 1. The Labute approximate surface area is 182 Å². The van der Waals surface area contributed by atoms with E-state index in [0.29, 0.717) is 13.0 Å². The smallest absolute Gasteiger partial charge is 0.306 e. The van der Waals surface area contributed by atoms with Crippen LogP contribution in [0.4, 0.5) is 0 Å². The van der Waals surface area contributed by atoms with Crippen molar-refractivity contribution >= 4 is 24.7 Å². The van der Waals surface area contributed by atoms with Crippen LogP contribution in [-0.4, -0.2) is 27.0 Å². The van der Waals surface area contributed by atoms with Crippen molar-refractivity contribution in [1.29, 1.82) is 0 Å². The van der Waals surface area contributed by atoms with Crippen molar-refractivity contribution < 1.29 is 14.0 Å². The molecule has 0 aliphatic heterocycles. The normalized spacial score (nSPS) is 19.5. The summed E-state index contributed by atoms with van der Waals surface area (Å²) in [6, 6.07) is 21.5. The third-order valence-electron chi connectivity index (χ3n) is 5.90. The van der Waals surface area contributed by atoms with Crippen LogP contribution in [0.15, 0.2) is 72.8 Å². The highest BCUT2D eigenvalue weighted by Crippen LogP contribution is 2.39. The molecular formula is C26H34O3Si. The largest absolute Gasteiger partial charge is 0.466 e. The maximum Gasteiger partial charge on any atom is 0.306 e. The molecule has 3 rings (SSSR count). The van der Waals surface area contributed by atoms with E-state index >= 15 is 0 Å². The molecule has 0 fully saturated rings. The van der Waals surface area contributed by atoms with Gasteiger partial charge in [0.05, 0.1) is 19.1 Å². The van der Waals surface area contributed by atoms with Crippen LogP contribution in [0.3, 0.4) is 0 Å². The van der Waals surface area contributed by atoms with E-state index in [1.54, 1.807) is 0 Å². The SMILES string of the molecule is CCOC(=O)C[C@@H]1C=C[C@@H](O[Si](c2ccccc2)(c2ccccc2)C(C)(C)C)CC1. The average Bonchev–Trinajstić information content (AvgIpc) is 2.74. The first kappa shape index (κ1) is 22.5. The van der Waals surface area contributed by atoms with Gasteiger partial charge in [-0.05, 0) is 41.1 Å². The lowest BCUT2D eigenvalue weighted by molar-refractivity contribution is -0.144. The molecule has 0 amide bonds. The highest BCUT2D eigenvalue weighted by atomic mass is 28.4. The van der Waals surface area contributed by atoms with Gasteiger partial charge in [0, 0.05) is 0 Å². The molecule has 1 aliphatic rings. The van der Waals surface area contributed by atoms with Gasteiger partial charge in [0.2, 0.25) is 0 Å². The zero-order chi connectivity index (χ0) is 21.6. The van der Waals surface area contributed by atoms with E-state index in [4.69, 9.17) is 9.16 Å². The van der Waals surface area contributed by atoms with Crippen molar-refractivity contribution in [3.63, 3.8) is 0 Å². The van der Waals surface area contributed by atoms with Crippen LogP contribution in [0.2, 0.25) is 5.04 Å². The van der Waals surface area contributed by atoms with Crippen molar-refractivity contribution in [2.24, 2.45) is 5.92 Å². The lowest BCUT2D eigenvalue weighted by atomic mass is 9.92. The summed E-state index contributed by atoms with van der Waals surface area (Å²) in [7, 11) is -2.55. The summed E-state index contributed by atoms with van der Waals surface area (Å²) in [5.41, 5.74) is 0. The lowest BCUT2D eigenvalue weighted by Gasteiger charge is -2.45. The van der Waals surface area contributed by atoms with Gasteiger partial charge < -0.3 is 9.16 Å². The fourth-order valence-corrected chi connectivity index (χ4v) is 9.14. The van der Waals surface area contributed by atoms with E-state index in [9.17, 15) is 4.79 Å². The van der Waals surface area contributed by atoms with E-state index in [2.05, 4.69) is 93.6 Å². The second kappa shape index (κ2) is 9.76. The fraction of sp³-hybridized carbons (Fsp3) is 0.423. The van der Waals surface area contributed by atoms with E-state index in [0.717, 1.165) is 12.8 Å². The molecule has 0 saturated carbocycles. The predicted molar refractivity (Wildman–Crippen MR) is 126 cm³/mol. The number of rotatable bonds is 7. The highest BCUT2D eigenvalue weighted by Gasteiger charge is 2.51. The molecule has 0 heterocycles. The van der Waals surface area contributed by atoms with Crippen LogP contribution >= 0.6 is 0 Å². The van der Waals surface area contributed by atoms with Crippen LogP contribution in [0, 0.1) is 5.92 Å². The molecule has 4 heteroatoms. The van der Waals surface area contributed by atoms with Crippen molar-refractivity contribution in [3.05, 3.63) is 72.8 Å². The molecule has 2 atom stereocenters. The third kappa shape index (κ3) is 4.93. The standard InChI is InChI=1S/C26H34O3Si/c1-5-28-25(27)20-21-16-18-22(19-17-21)29-30(26(2,3)4,23-12-8-6-9-13-23)24-14-10-7-11-15-24/h6-16,18,21-22H,5,17,19-20H2,1-4H3/t21-,22-/m1/s1. The number of esters is 1. The maximum atomic E-state index is 11.8. The van der Waals surface area contributed by atoms with Crippen molar-refractivity contribution in [2.45, 2.75) is 58.1 Å². The first-order valence-electron chi connectivity index (χ1n) is 11.0. The van der Waals surface area contributed by atoms with Crippen LogP contribution < -0.4 is 10.4 Å². The Balaban J connectivity index is 1.92. The second-order valence-corrected chi connectivity index (χ2v) is 13.3. The Morgan fingerprint density at radius 3 is 1.93 bits per heavy atom. The first-order chi connectivity index (χ1) is 14.4. The van der Waals surface area contributed by atoms with Gasteiger partial charge in [0.15, 0.2) is 0 Å². The second-order valence-electron chi connectivity index (χ2n) is 9.05. The van der Waals surface area contributed by atoms with Gasteiger partial charge in [-0.15, -0.1) is 0 Å². The summed E-state index contributed by atoms with van der Waals surface area (Å²) in [4.78, 5) is 11.8. The van der Waals surface area contributed by atoms with Crippen LogP contribution in [0.25, 0.3) is 0 Å². The average molecular weight is 423 g/mol. The van der Waals surface area contributed by atoms with Gasteiger partial charge >= 0.3 is 5.97 Å². The number of benzene rings is 2. The highest BCUT2D eigenvalue weighted by molar-refractivity contribution is 6.99. The van der Waals surface area contributed by atoms with Crippen LogP contribution in [0.1, 0.15) is 47.0 Å². The summed E-state index contributed by atoms with van der Waals surface area (Å²) in [5, 5.41) is 2.56. The molecule has 0 spiro atoms. The number of hydrogen-bond donors (Lipinski definition) is 0. The number of hydrogen-bond acceptors (Lipinski definition) is 3. The van der Waals surface area contributed by atoms with Crippen molar-refractivity contribution in [2.75, 3.05) is 6.61 Å². The summed E-state index contributed by atoms with van der Waals surface area (Å²) in [6.07, 6.45) is 6.70. The summed E-state index contributed by atoms with van der Waals surface area (Å²) in [6.45, 7) is 9.19. The van der Waals surface area contributed by atoms with E-state index in [1.165, 1.54) is 10.4 Å². The topological polar surface area (TPSA) is 35.5 Å². The molecule has 0 saturated heterocycles. The molecule has 2 aromatic rings. The van der Waals surface area contributed by atoms with Gasteiger partial charge in [0.1, 0.15) is 0 Å². The lowest BCUT2D eigenvalue weighted by Crippen LogP contribution is -2.67. The third-order valence-corrected chi connectivity index (χ3v) is 11.0. The molecule has 0 unspecified atom stereocenters. The van der Waals surface area contributed by atoms with E-state index in [-0.39, 0.29) is 23.0 Å². The zero-order valence-corrected chi connectivity index (χ0v) is 19.6. The number of carbonyl (C=O) groups is 1. The van der Waals surface area contributed by atoms with Gasteiger partial charge in [-0.2, -0.15) is 0 Å². The molecule has 0 aromatic heterocycles. The summed E-state index contributed by atoms with van der Waals surface area (Å²) in [5.74, 6) is 0.126. The Morgan fingerprint density at radius 2 is 1.50 bits per heavy atom. The first-order valence-corrected chi connectivity index (χ1v) is 12.9. The molecular weight excluding hydrogens is 388 g/mol. The molecule has 2 aromatic carbocycles. The molecule has 1 aliphatic carbocycles. The Hall–Kier alpha value is -2.17. The molecule has 30 heavy (non-hydrogen) atoms. The van der Waals surface area contributed by atoms with Crippen molar-refractivity contribution in [3.8, 4) is 0 Å². The quantitative estimate of drug-likeness (QED) is 0.363. The molecule has 0 N–H and O–H groups in total. The molecule has 3 nitrogen and oxygen atoms in total. The van der Waals surface area contributed by atoms with Gasteiger partial charge in [-0.1, -0.05) is 93.6 Å². The summed E-state index contributed by atoms with van der Waals surface area (Å²) >= 11 is 0.